The molecule has 30 heavy (non-hydrogen) atoms. The van der Waals surface area contributed by atoms with Crippen LogP contribution in [0.3, 0.4) is 0 Å². The summed E-state index contributed by atoms with van der Waals surface area (Å²) in [5.74, 6) is -1.09. The van der Waals surface area contributed by atoms with Crippen molar-refractivity contribution in [1.82, 2.24) is 5.32 Å². The molecule has 2 heterocycles. The van der Waals surface area contributed by atoms with Crippen molar-refractivity contribution < 1.29 is 14.3 Å². The number of amides is 2. The van der Waals surface area contributed by atoms with Crippen LogP contribution >= 0.6 is 35.4 Å². The monoisotopic (exact) mass is 461 g/mol. The van der Waals surface area contributed by atoms with E-state index in [0.29, 0.717) is 28.9 Å². The molecule has 2 aliphatic rings. The molecule has 0 bridgehead atoms. The molecule has 0 aliphatic carbocycles. The summed E-state index contributed by atoms with van der Waals surface area (Å²) in [7, 11) is 0. The van der Waals surface area contributed by atoms with Crippen molar-refractivity contribution in [1.29, 1.82) is 0 Å². The minimum atomic E-state index is -0.549. The summed E-state index contributed by atoms with van der Waals surface area (Å²) in [5.41, 5.74) is 2.15. The summed E-state index contributed by atoms with van der Waals surface area (Å²) in [5, 5.41) is 3.24. The fourth-order valence-corrected chi connectivity index (χ4v) is 4.13. The first-order chi connectivity index (χ1) is 14.4. The molecule has 4 rings (SSSR count). The van der Waals surface area contributed by atoms with Gasteiger partial charge in [0.2, 0.25) is 0 Å². The molecule has 1 N–H and O–H groups in total. The van der Waals surface area contributed by atoms with Gasteiger partial charge in [-0.05, 0) is 54.2 Å². The molecule has 2 amide bonds. The molecule has 2 aromatic carbocycles. The largest absolute Gasteiger partial charge is 0.378 e. The summed E-state index contributed by atoms with van der Waals surface area (Å²) in [4.78, 5) is 29.0. The Morgan fingerprint density at radius 1 is 0.967 bits per heavy atom. The average molecular weight is 462 g/mol. The maximum absolute atomic E-state index is 13.1. The van der Waals surface area contributed by atoms with E-state index in [1.807, 2.05) is 24.3 Å². The van der Waals surface area contributed by atoms with Gasteiger partial charge in [-0.15, -0.1) is 0 Å². The molecule has 2 saturated heterocycles. The van der Waals surface area contributed by atoms with Gasteiger partial charge >= 0.3 is 0 Å². The van der Waals surface area contributed by atoms with Crippen LogP contribution in [0.2, 0.25) is 10.0 Å². The SMILES string of the molecule is O=C1NC(=S)N(c2cc(Cl)cc(Cl)c2)C(=O)/C1=C\c1ccc(N2CCOCC2)cc1. The Labute approximate surface area is 189 Å². The first-order valence-electron chi connectivity index (χ1n) is 9.23. The molecule has 0 saturated carbocycles. The predicted octanol–water partition coefficient (Wildman–Crippen LogP) is 3.66. The first kappa shape index (κ1) is 20.8. The van der Waals surface area contributed by atoms with Gasteiger partial charge in [-0.3, -0.25) is 19.8 Å². The lowest BCUT2D eigenvalue weighted by atomic mass is 10.1. The third kappa shape index (κ3) is 4.34. The number of carbonyl (C=O) groups excluding carboxylic acids is 2. The lowest BCUT2D eigenvalue weighted by molar-refractivity contribution is -0.122. The minimum Gasteiger partial charge on any atom is -0.378 e. The molecule has 2 aromatic rings. The van der Waals surface area contributed by atoms with Crippen molar-refractivity contribution >= 4 is 69.8 Å². The van der Waals surface area contributed by atoms with Gasteiger partial charge in [-0.1, -0.05) is 35.3 Å². The fraction of sp³-hybridized carbons (Fsp3) is 0.190. The van der Waals surface area contributed by atoms with Crippen LogP contribution < -0.4 is 15.1 Å². The van der Waals surface area contributed by atoms with Crippen molar-refractivity contribution in [2.24, 2.45) is 0 Å². The lowest BCUT2D eigenvalue weighted by Crippen LogP contribution is -2.54. The number of hydrogen-bond donors (Lipinski definition) is 1. The Morgan fingerprint density at radius 3 is 2.23 bits per heavy atom. The van der Waals surface area contributed by atoms with Crippen molar-refractivity contribution in [2.75, 3.05) is 36.1 Å². The topological polar surface area (TPSA) is 61.9 Å². The van der Waals surface area contributed by atoms with Crippen molar-refractivity contribution in [3.63, 3.8) is 0 Å². The highest BCUT2D eigenvalue weighted by Crippen LogP contribution is 2.28. The molecule has 0 aromatic heterocycles. The summed E-state index contributed by atoms with van der Waals surface area (Å²) >= 11 is 17.3. The number of hydrogen-bond acceptors (Lipinski definition) is 5. The van der Waals surface area contributed by atoms with E-state index in [9.17, 15) is 9.59 Å². The Morgan fingerprint density at radius 2 is 1.60 bits per heavy atom. The number of nitrogens with zero attached hydrogens (tertiary/aromatic N) is 2. The Kier molecular flexibility index (Phi) is 6.06. The second kappa shape index (κ2) is 8.73. The van der Waals surface area contributed by atoms with E-state index in [2.05, 4.69) is 10.2 Å². The molecule has 0 radical (unpaired) electrons. The molecule has 0 atom stereocenters. The highest BCUT2D eigenvalue weighted by Gasteiger charge is 2.34. The van der Waals surface area contributed by atoms with Crippen LogP contribution in [-0.2, 0) is 14.3 Å². The highest BCUT2D eigenvalue weighted by atomic mass is 35.5. The van der Waals surface area contributed by atoms with Crippen LogP contribution in [0.4, 0.5) is 11.4 Å². The number of rotatable bonds is 3. The average Bonchev–Trinajstić information content (AvgIpc) is 2.71. The van der Waals surface area contributed by atoms with E-state index >= 15 is 0 Å². The quantitative estimate of drug-likeness (QED) is 0.429. The van der Waals surface area contributed by atoms with Crippen LogP contribution in [0.15, 0.2) is 48.0 Å². The molecular weight excluding hydrogens is 445 g/mol. The highest BCUT2D eigenvalue weighted by molar-refractivity contribution is 7.80. The molecule has 2 fully saturated rings. The van der Waals surface area contributed by atoms with Crippen molar-refractivity contribution in [3.8, 4) is 0 Å². The van der Waals surface area contributed by atoms with E-state index in [1.54, 1.807) is 24.3 Å². The number of ether oxygens (including phenoxy) is 1. The molecule has 154 valence electrons. The van der Waals surface area contributed by atoms with Crippen LogP contribution in [0, 0.1) is 0 Å². The third-order valence-electron chi connectivity index (χ3n) is 4.79. The first-order valence-corrected chi connectivity index (χ1v) is 10.4. The van der Waals surface area contributed by atoms with Crippen LogP contribution in [-0.4, -0.2) is 43.2 Å². The molecule has 0 unspecified atom stereocenters. The van der Waals surface area contributed by atoms with Crippen LogP contribution in [0.25, 0.3) is 6.08 Å². The van der Waals surface area contributed by atoms with E-state index in [4.69, 9.17) is 40.2 Å². The maximum atomic E-state index is 13.1. The molecular formula is C21H17Cl2N3O3S. The summed E-state index contributed by atoms with van der Waals surface area (Å²) in [6.45, 7) is 3.05. The smallest absolute Gasteiger partial charge is 0.270 e. The number of morpholine rings is 1. The van der Waals surface area contributed by atoms with E-state index in [-0.39, 0.29) is 10.7 Å². The van der Waals surface area contributed by atoms with E-state index in [0.717, 1.165) is 24.3 Å². The van der Waals surface area contributed by atoms with Crippen molar-refractivity contribution in [3.05, 3.63) is 63.6 Å². The number of carbonyl (C=O) groups is 2. The zero-order valence-corrected chi connectivity index (χ0v) is 18.1. The molecule has 6 nitrogen and oxygen atoms in total. The number of halogens is 2. The summed E-state index contributed by atoms with van der Waals surface area (Å²) < 4.78 is 5.37. The van der Waals surface area contributed by atoms with Gasteiger partial charge in [0.25, 0.3) is 11.8 Å². The summed E-state index contributed by atoms with van der Waals surface area (Å²) in [6.07, 6.45) is 1.54. The maximum Gasteiger partial charge on any atom is 0.270 e. The van der Waals surface area contributed by atoms with Crippen LogP contribution in [0.5, 0.6) is 0 Å². The molecule has 0 spiro atoms. The zero-order valence-electron chi connectivity index (χ0n) is 15.7. The van der Waals surface area contributed by atoms with Gasteiger partial charge in [0.15, 0.2) is 5.11 Å². The Hall–Kier alpha value is -2.45. The normalized spacial score (nSPS) is 18.7. The van der Waals surface area contributed by atoms with Gasteiger partial charge in [0, 0.05) is 28.8 Å². The number of nitrogens with one attached hydrogen (secondary N) is 1. The predicted molar refractivity (Wildman–Crippen MR) is 122 cm³/mol. The Bertz CT molecular complexity index is 1030. The van der Waals surface area contributed by atoms with E-state index < -0.39 is 11.8 Å². The van der Waals surface area contributed by atoms with Gasteiger partial charge in [-0.2, -0.15) is 0 Å². The zero-order chi connectivity index (χ0) is 21.3. The minimum absolute atomic E-state index is 0.0249. The molecule has 9 heteroatoms. The van der Waals surface area contributed by atoms with Gasteiger partial charge < -0.3 is 9.64 Å². The van der Waals surface area contributed by atoms with Gasteiger partial charge in [0.05, 0.1) is 18.9 Å². The standard InChI is InChI=1S/C21H17Cl2N3O3S/c22-14-10-15(23)12-17(11-14)26-20(28)18(19(27)24-21(26)30)9-13-1-3-16(4-2-13)25-5-7-29-8-6-25/h1-4,9-12H,5-8H2,(H,24,27,30)/b18-9-. The second-order valence-electron chi connectivity index (χ2n) is 6.78. The van der Waals surface area contributed by atoms with Gasteiger partial charge in [0.1, 0.15) is 5.57 Å². The molecule has 2 aliphatic heterocycles. The van der Waals surface area contributed by atoms with E-state index in [1.165, 1.54) is 4.90 Å². The number of thiocarbonyl (C=S) groups is 1. The fourth-order valence-electron chi connectivity index (χ4n) is 3.33. The Balaban J connectivity index is 1.62. The van der Waals surface area contributed by atoms with Gasteiger partial charge in [-0.25, -0.2) is 0 Å². The van der Waals surface area contributed by atoms with Crippen molar-refractivity contribution in [2.45, 2.75) is 0 Å². The summed E-state index contributed by atoms with van der Waals surface area (Å²) in [6, 6.07) is 12.3. The second-order valence-corrected chi connectivity index (χ2v) is 8.04. The third-order valence-corrected chi connectivity index (χ3v) is 5.51. The number of benzene rings is 2. The number of anilines is 2. The lowest BCUT2D eigenvalue weighted by Gasteiger charge is -2.29. The van der Waals surface area contributed by atoms with Crippen LogP contribution in [0.1, 0.15) is 5.56 Å².